The number of halogens is 4. The molecule has 0 radical (unpaired) electrons. The Morgan fingerprint density at radius 1 is 1.04 bits per heavy atom. The average Bonchev–Trinajstić information content (AvgIpc) is 3.61. The zero-order valence-electron chi connectivity index (χ0n) is 28.7. The molecule has 2 aliphatic rings. The number of hydrogen-bond acceptors (Lipinski definition) is 8. The van der Waals surface area contributed by atoms with Gasteiger partial charge in [-0.2, -0.15) is 13.2 Å². The van der Waals surface area contributed by atoms with E-state index in [1.165, 1.54) is 0 Å². The summed E-state index contributed by atoms with van der Waals surface area (Å²) >= 11 is 6.03. The first-order valence-corrected chi connectivity index (χ1v) is 17.6. The lowest BCUT2D eigenvalue weighted by atomic mass is 9.92. The molecule has 0 saturated carbocycles. The Bertz CT molecular complexity index is 1910. The maximum Gasteiger partial charge on any atom is 0.405 e. The zero-order chi connectivity index (χ0) is 37.5. The van der Waals surface area contributed by atoms with Crippen molar-refractivity contribution < 1.29 is 37.7 Å². The van der Waals surface area contributed by atoms with E-state index in [0.717, 1.165) is 16.8 Å². The minimum atomic E-state index is -4.60. The van der Waals surface area contributed by atoms with Crippen LogP contribution in [0, 0.1) is 5.92 Å². The largest absolute Gasteiger partial charge is 0.507 e. The molecule has 15 heteroatoms. The fourth-order valence-corrected chi connectivity index (χ4v) is 6.78. The first kappa shape index (κ1) is 37.9. The number of nitrogens with one attached hydrogen (secondary N) is 2. The van der Waals surface area contributed by atoms with E-state index in [-0.39, 0.29) is 50.5 Å². The number of nitrogens with zero attached hydrogens (tertiary/aromatic N) is 4. The third-order valence-corrected chi connectivity index (χ3v) is 9.51. The minimum Gasteiger partial charge on any atom is -0.507 e. The van der Waals surface area contributed by atoms with Crippen molar-refractivity contribution in [2.24, 2.45) is 5.92 Å². The number of aliphatic hydroxyl groups excluding tert-OH is 2. The highest BCUT2D eigenvalue weighted by molar-refractivity contribution is 6.30. The second-order valence-corrected chi connectivity index (χ2v) is 13.7. The molecule has 1 saturated heterocycles. The number of carbonyl (C=O) groups is 2. The number of para-hydroxylation sites is 1. The van der Waals surface area contributed by atoms with Gasteiger partial charge in [-0.1, -0.05) is 29.8 Å². The summed E-state index contributed by atoms with van der Waals surface area (Å²) in [6, 6.07) is 18.8. The average molecular weight is 753 g/mol. The van der Waals surface area contributed by atoms with Crippen LogP contribution in [0.3, 0.4) is 0 Å². The second-order valence-electron chi connectivity index (χ2n) is 13.2. The number of hydrogen-bond donors (Lipinski definition) is 4. The Hall–Kier alpha value is -4.89. The molecule has 53 heavy (non-hydrogen) atoms. The standard InChI is InChI=1S/C38H40ClF3N6O5/c39-28-7-9-29(10-8-28)47-13-11-26(20-47)19-46-14-15-48(32(22-46)37(52)44-24-38(40,41)42)21-30(49)17-27(16-25-4-3-12-43-18-25)36(51)45-35-31-5-1-2-6-34(31)53-23-33(35)50/h1-13,18,20,27,30,32,49-50H,14-17,19,21-24H2,(H,44,52)(H,45,51)/t27-,30+,32+/m1/s1. The maximum atomic E-state index is 13.8. The highest BCUT2D eigenvalue weighted by Crippen LogP contribution is 2.31. The number of benzene rings is 2. The number of carbonyl (C=O) groups excluding carboxylic acids is 2. The molecule has 2 aromatic carbocycles. The van der Waals surface area contributed by atoms with Gasteiger partial charge in [0.1, 0.15) is 24.9 Å². The van der Waals surface area contributed by atoms with E-state index < -0.39 is 42.6 Å². The summed E-state index contributed by atoms with van der Waals surface area (Å²) in [5, 5.41) is 27.6. The summed E-state index contributed by atoms with van der Waals surface area (Å²) in [5.41, 5.74) is 3.32. The van der Waals surface area contributed by atoms with Gasteiger partial charge in [0.15, 0.2) is 5.76 Å². The van der Waals surface area contributed by atoms with Crippen LogP contribution >= 0.6 is 11.6 Å². The van der Waals surface area contributed by atoms with Gasteiger partial charge in [0.2, 0.25) is 11.8 Å². The molecule has 2 aliphatic heterocycles. The smallest absolute Gasteiger partial charge is 0.405 e. The molecule has 2 aromatic heterocycles. The van der Waals surface area contributed by atoms with Gasteiger partial charge in [-0.15, -0.1) is 0 Å². The van der Waals surface area contributed by atoms with Crippen molar-refractivity contribution in [3.63, 3.8) is 0 Å². The molecule has 0 spiro atoms. The first-order chi connectivity index (χ1) is 25.4. The SMILES string of the molecule is O=C(NC1=C(O)COc2ccccc21)[C@H](Cc1cccnc1)C[C@H](O)CN1CCN(Cc2ccn(-c3ccc(Cl)cc3)c2)C[C@H]1C(=O)NCC(F)(F)F. The summed E-state index contributed by atoms with van der Waals surface area (Å²) in [6.45, 7) is -0.326. The van der Waals surface area contributed by atoms with E-state index in [4.69, 9.17) is 16.3 Å². The molecular weight excluding hydrogens is 713 g/mol. The summed E-state index contributed by atoms with van der Waals surface area (Å²) in [4.78, 5) is 34.9. The first-order valence-electron chi connectivity index (χ1n) is 17.2. The Labute approximate surface area is 309 Å². The van der Waals surface area contributed by atoms with E-state index in [0.29, 0.717) is 29.4 Å². The molecule has 11 nitrogen and oxygen atoms in total. The van der Waals surface area contributed by atoms with E-state index in [2.05, 4.69) is 10.3 Å². The van der Waals surface area contributed by atoms with Crippen LogP contribution in [0.1, 0.15) is 23.1 Å². The van der Waals surface area contributed by atoms with Crippen LogP contribution in [0.25, 0.3) is 11.4 Å². The van der Waals surface area contributed by atoms with Crippen LogP contribution < -0.4 is 15.4 Å². The molecule has 3 atom stereocenters. The Morgan fingerprint density at radius 2 is 1.83 bits per heavy atom. The number of aliphatic hydroxyl groups is 2. The second kappa shape index (κ2) is 16.8. The van der Waals surface area contributed by atoms with E-state index in [1.54, 1.807) is 59.8 Å². The number of pyridine rings is 1. The lowest BCUT2D eigenvalue weighted by Gasteiger charge is -2.41. The van der Waals surface area contributed by atoms with E-state index in [1.807, 2.05) is 51.4 Å². The zero-order valence-corrected chi connectivity index (χ0v) is 29.4. The van der Waals surface area contributed by atoms with Crippen LogP contribution in [0.2, 0.25) is 5.02 Å². The van der Waals surface area contributed by atoms with Crippen molar-refractivity contribution in [1.82, 2.24) is 30.0 Å². The van der Waals surface area contributed by atoms with Crippen LogP contribution in [-0.4, -0.2) is 99.0 Å². The fraction of sp³-hybridized carbons (Fsp3) is 0.342. The predicted octanol–water partition coefficient (Wildman–Crippen LogP) is 4.74. The Morgan fingerprint density at radius 3 is 2.58 bits per heavy atom. The van der Waals surface area contributed by atoms with Gasteiger partial charge < -0.3 is 30.2 Å². The van der Waals surface area contributed by atoms with Crippen LogP contribution in [0.5, 0.6) is 5.75 Å². The minimum absolute atomic E-state index is 0.0395. The molecule has 2 amide bonds. The van der Waals surface area contributed by atoms with Crippen LogP contribution in [-0.2, 0) is 22.6 Å². The number of alkyl halides is 3. The van der Waals surface area contributed by atoms with Crippen molar-refractivity contribution in [3.8, 4) is 11.4 Å². The van der Waals surface area contributed by atoms with Gasteiger partial charge in [0, 0.05) is 79.7 Å². The monoisotopic (exact) mass is 752 g/mol. The molecule has 0 unspecified atom stereocenters. The number of amides is 2. The summed E-state index contributed by atoms with van der Waals surface area (Å²) in [7, 11) is 0. The normalized spacial score (nSPS) is 17.8. The van der Waals surface area contributed by atoms with Crippen molar-refractivity contribution in [2.75, 3.05) is 39.3 Å². The summed E-state index contributed by atoms with van der Waals surface area (Å²) < 4.78 is 46.9. The molecule has 0 aliphatic carbocycles. The van der Waals surface area contributed by atoms with E-state index in [9.17, 15) is 33.0 Å². The van der Waals surface area contributed by atoms with Gasteiger partial charge in [0.25, 0.3) is 0 Å². The van der Waals surface area contributed by atoms with E-state index >= 15 is 0 Å². The predicted molar refractivity (Wildman–Crippen MR) is 192 cm³/mol. The van der Waals surface area contributed by atoms with Gasteiger partial charge in [-0.25, -0.2) is 0 Å². The van der Waals surface area contributed by atoms with Crippen LogP contribution in [0.4, 0.5) is 13.2 Å². The molecule has 4 aromatic rings. The Balaban J connectivity index is 1.15. The van der Waals surface area contributed by atoms with Gasteiger partial charge in [-0.3, -0.25) is 24.4 Å². The lowest BCUT2D eigenvalue weighted by Crippen LogP contribution is -2.60. The van der Waals surface area contributed by atoms with Crippen molar-refractivity contribution in [3.05, 3.63) is 119 Å². The Kier molecular flexibility index (Phi) is 12.0. The topological polar surface area (TPSA) is 132 Å². The van der Waals surface area contributed by atoms with Crippen molar-refractivity contribution in [1.29, 1.82) is 0 Å². The van der Waals surface area contributed by atoms with Crippen molar-refractivity contribution in [2.45, 2.75) is 37.7 Å². The number of aromatic nitrogens is 2. The number of rotatable bonds is 13. The number of fused-ring (bicyclic) bond motifs is 1. The summed E-state index contributed by atoms with van der Waals surface area (Å²) in [6.07, 6.45) is 1.51. The van der Waals surface area contributed by atoms with Gasteiger partial charge in [-0.05, 0) is 72.5 Å². The van der Waals surface area contributed by atoms with Gasteiger partial charge >= 0.3 is 6.18 Å². The number of ether oxygens (including phenoxy) is 1. The highest BCUT2D eigenvalue weighted by Gasteiger charge is 2.37. The molecule has 4 N–H and O–H groups in total. The third-order valence-electron chi connectivity index (χ3n) is 9.26. The lowest BCUT2D eigenvalue weighted by molar-refractivity contribution is -0.143. The molecular formula is C38H40ClF3N6O5. The molecule has 6 rings (SSSR count). The molecule has 0 bridgehead atoms. The maximum absolute atomic E-state index is 13.8. The molecule has 1 fully saturated rings. The third kappa shape index (κ3) is 10.2. The number of β-amino-alcohol motifs (C(OH)–C–C–N with tert-alkyl or cyclic N) is 1. The summed E-state index contributed by atoms with van der Waals surface area (Å²) in [5.74, 6) is -1.71. The van der Waals surface area contributed by atoms with Gasteiger partial charge in [0.05, 0.1) is 11.8 Å². The number of piperazine rings is 1. The van der Waals surface area contributed by atoms with Crippen molar-refractivity contribution >= 4 is 29.1 Å². The highest BCUT2D eigenvalue weighted by atomic mass is 35.5. The van der Waals surface area contributed by atoms with Crippen LogP contribution in [0.15, 0.2) is 97.3 Å². The molecule has 280 valence electrons. The molecule has 4 heterocycles. The fourth-order valence-electron chi connectivity index (χ4n) is 6.66. The quantitative estimate of drug-likeness (QED) is 0.154.